The smallest absolute Gasteiger partial charge is 0.350 e. The molecule has 2 heterocycles. The molecule has 0 saturated heterocycles. The molecule has 136 valence electrons. The molecule has 8 heteroatoms. The third kappa shape index (κ3) is 3.27. The fourth-order valence-electron chi connectivity index (χ4n) is 2.87. The second-order valence-corrected chi connectivity index (χ2v) is 7.29. The van der Waals surface area contributed by atoms with Crippen LogP contribution in [0, 0.1) is 0 Å². The van der Waals surface area contributed by atoms with Crippen LogP contribution in [0.3, 0.4) is 0 Å². The van der Waals surface area contributed by atoms with Crippen molar-refractivity contribution in [3.05, 3.63) is 58.4 Å². The van der Waals surface area contributed by atoms with E-state index in [1.165, 1.54) is 16.2 Å². The number of rotatable bonds is 3. The van der Waals surface area contributed by atoms with Gasteiger partial charge in [-0.3, -0.25) is 14.5 Å². The second-order valence-electron chi connectivity index (χ2n) is 5.86. The van der Waals surface area contributed by atoms with E-state index >= 15 is 0 Å². The number of hydrogen-bond donors (Lipinski definition) is 1. The van der Waals surface area contributed by atoms with Crippen molar-refractivity contribution < 1.29 is 19.1 Å². The Morgan fingerprint density at radius 1 is 1.15 bits per heavy atom. The minimum atomic E-state index is -0.663. The molecule has 1 N–H and O–H groups in total. The molecule has 27 heavy (non-hydrogen) atoms. The SMILES string of the molecule is O=C1CN(C(=O)COC(=O)c2sc3ccccc3c2Cl)c2ccccc2N1. The van der Waals surface area contributed by atoms with Gasteiger partial charge in [-0.25, -0.2) is 4.79 Å². The highest BCUT2D eigenvalue weighted by molar-refractivity contribution is 7.21. The number of hydrogen-bond acceptors (Lipinski definition) is 5. The Hall–Kier alpha value is -2.90. The van der Waals surface area contributed by atoms with Crippen LogP contribution >= 0.6 is 22.9 Å². The summed E-state index contributed by atoms with van der Waals surface area (Å²) in [7, 11) is 0. The van der Waals surface area contributed by atoms with Crippen molar-refractivity contribution in [3.8, 4) is 0 Å². The molecule has 1 aromatic heterocycles. The van der Waals surface area contributed by atoms with E-state index in [4.69, 9.17) is 16.3 Å². The molecule has 0 atom stereocenters. The lowest BCUT2D eigenvalue weighted by Gasteiger charge is -2.28. The molecule has 1 aliphatic heterocycles. The van der Waals surface area contributed by atoms with Gasteiger partial charge in [0.1, 0.15) is 11.4 Å². The maximum absolute atomic E-state index is 12.5. The average Bonchev–Trinajstić information content (AvgIpc) is 3.02. The summed E-state index contributed by atoms with van der Waals surface area (Å²) in [6, 6.07) is 14.3. The van der Waals surface area contributed by atoms with Gasteiger partial charge in [-0.1, -0.05) is 41.9 Å². The zero-order chi connectivity index (χ0) is 19.0. The first-order valence-corrected chi connectivity index (χ1v) is 9.27. The van der Waals surface area contributed by atoms with E-state index in [0.29, 0.717) is 16.4 Å². The van der Waals surface area contributed by atoms with Crippen molar-refractivity contribution in [2.45, 2.75) is 0 Å². The number of nitrogens with one attached hydrogen (secondary N) is 1. The number of carbonyl (C=O) groups is 3. The summed E-state index contributed by atoms with van der Waals surface area (Å²) in [6.45, 7) is -0.609. The van der Waals surface area contributed by atoms with Gasteiger partial charge in [0.25, 0.3) is 5.91 Å². The van der Waals surface area contributed by atoms with Crippen molar-refractivity contribution in [3.63, 3.8) is 0 Å². The largest absolute Gasteiger partial charge is 0.451 e. The molecule has 1 aliphatic rings. The van der Waals surface area contributed by atoms with Gasteiger partial charge in [0.2, 0.25) is 5.91 Å². The number of carbonyl (C=O) groups excluding carboxylic acids is 3. The van der Waals surface area contributed by atoms with Crippen molar-refractivity contribution in [1.29, 1.82) is 0 Å². The van der Waals surface area contributed by atoms with Gasteiger partial charge in [0.15, 0.2) is 6.61 Å². The quantitative estimate of drug-likeness (QED) is 0.680. The first kappa shape index (κ1) is 17.5. The van der Waals surface area contributed by atoms with Crippen LogP contribution in [0.15, 0.2) is 48.5 Å². The summed E-state index contributed by atoms with van der Waals surface area (Å²) in [6.07, 6.45) is 0. The number of amides is 2. The van der Waals surface area contributed by atoms with E-state index in [-0.39, 0.29) is 17.3 Å². The molecule has 2 amide bonds. The van der Waals surface area contributed by atoms with E-state index in [2.05, 4.69) is 5.32 Å². The third-order valence-corrected chi connectivity index (χ3v) is 5.77. The molecule has 0 unspecified atom stereocenters. The van der Waals surface area contributed by atoms with Gasteiger partial charge in [-0.15, -0.1) is 11.3 Å². The van der Waals surface area contributed by atoms with Crippen LogP contribution in [0.25, 0.3) is 10.1 Å². The monoisotopic (exact) mass is 400 g/mol. The first-order valence-electron chi connectivity index (χ1n) is 8.08. The number of halogens is 1. The second kappa shape index (κ2) is 7.02. The number of ether oxygens (including phenoxy) is 1. The van der Waals surface area contributed by atoms with Crippen molar-refractivity contribution in [2.75, 3.05) is 23.4 Å². The van der Waals surface area contributed by atoms with Gasteiger partial charge in [0.05, 0.1) is 16.4 Å². The molecule has 2 aromatic carbocycles. The Kier molecular flexibility index (Phi) is 4.55. The van der Waals surface area contributed by atoms with Crippen LogP contribution < -0.4 is 10.2 Å². The summed E-state index contributed by atoms with van der Waals surface area (Å²) in [5.41, 5.74) is 1.11. The Balaban J connectivity index is 1.50. The molecule has 0 spiro atoms. The molecule has 0 radical (unpaired) electrons. The van der Waals surface area contributed by atoms with Crippen LogP contribution in [0.1, 0.15) is 9.67 Å². The van der Waals surface area contributed by atoms with Crippen LogP contribution in [-0.4, -0.2) is 30.9 Å². The lowest BCUT2D eigenvalue weighted by atomic mass is 10.2. The lowest BCUT2D eigenvalue weighted by Crippen LogP contribution is -2.44. The van der Waals surface area contributed by atoms with Crippen molar-refractivity contribution >= 4 is 62.2 Å². The standard InChI is InChI=1S/C19H13ClN2O4S/c20-17-11-5-1-4-8-14(11)27-18(17)19(25)26-10-16(24)22-9-15(23)21-12-6-2-3-7-13(12)22/h1-8H,9-10H2,(H,21,23). The summed E-state index contributed by atoms with van der Waals surface area (Å²) in [5, 5.41) is 3.78. The molecular formula is C19H13ClN2O4S. The zero-order valence-corrected chi connectivity index (χ0v) is 15.5. The minimum absolute atomic E-state index is 0.128. The minimum Gasteiger partial charge on any atom is -0.451 e. The lowest BCUT2D eigenvalue weighted by molar-refractivity contribution is -0.124. The van der Waals surface area contributed by atoms with Gasteiger partial charge in [-0.2, -0.15) is 0 Å². The Labute approximate surface area is 163 Å². The first-order chi connectivity index (χ1) is 13.0. The number of thiophene rings is 1. The summed E-state index contributed by atoms with van der Waals surface area (Å²) < 4.78 is 6.03. The van der Waals surface area contributed by atoms with Gasteiger partial charge in [-0.05, 0) is 18.2 Å². The van der Waals surface area contributed by atoms with Crippen LogP contribution in [0.2, 0.25) is 5.02 Å². The normalized spacial score (nSPS) is 13.2. The summed E-state index contributed by atoms with van der Waals surface area (Å²) in [5.74, 6) is -1.45. The molecular weight excluding hydrogens is 388 g/mol. The maximum atomic E-state index is 12.5. The van der Waals surface area contributed by atoms with E-state index in [9.17, 15) is 14.4 Å². The number of esters is 1. The maximum Gasteiger partial charge on any atom is 0.350 e. The Bertz CT molecular complexity index is 1080. The van der Waals surface area contributed by atoms with Crippen LogP contribution in [0.5, 0.6) is 0 Å². The highest BCUT2D eigenvalue weighted by Crippen LogP contribution is 2.35. The molecule has 0 aliphatic carbocycles. The zero-order valence-electron chi connectivity index (χ0n) is 13.9. The molecule has 0 fully saturated rings. The molecule has 3 aromatic rings. The van der Waals surface area contributed by atoms with E-state index in [1.54, 1.807) is 24.3 Å². The third-order valence-electron chi connectivity index (χ3n) is 4.12. The van der Waals surface area contributed by atoms with Gasteiger partial charge in [0, 0.05) is 10.1 Å². The average molecular weight is 401 g/mol. The van der Waals surface area contributed by atoms with E-state index in [0.717, 1.165) is 10.1 Å². The number of benzene rings is 2. The number of fused-ring (bicyclic) bond motifs is 2. The Morgan fingerprint density at radius 3 is 2.70 bits per heavy atom. The predicted molar refractivity (Wildman–Crippen MR) is 105 cm³/mol. The molecule has 0 saturated carbocycles. The molecule has 0 bridgehead atoms. The number of anilines is 2. The summed E-state index contributed by atoms with van der Waals surface area (Å²) >= 11 is 7.48. The van der Waals surface area contributed by atoms with E-state index < -0.39 is 18.5 Å². The summed E-state index contributed by atoms with van der Waals surface area (Å²) in [4.78, 5) is 38.3. The number of para-hydroxylation sites is 2. The highest BCUT2D eigenvalue weighted by atomic mass is 35.5. The topological polar surface area (TPSA) is 75.7 Å². The Morgan fingerprint density at radius 2 is 1.89 bits per heavy atom. The van der Waals surface area contributed by atoms with Crippen LogP contribution in [0.4, 0.5) is 11.4 Å². The molecule has 6 nitrogen and oxygen atoms in total. The fraction of sp³-hybridized carbons (Fsp3) is 0.105. The van der Waals surface area contributed by atoms with Gasteiger partial charge < -0.3 is 10.1 Å². The molecule has 4 rings (SSSR count). The van der Waals surface area contributed by atoms with Gasteiger partial charge >= 0.3 is 5.97 Å². The van der Waals surface area contributed by atoms with E-state index in [1.807, 2.05) is 24.3 Å². The predicted octanol–water partition coefficient (Wildman–Crippen LogP) is 3.70. The van der Waals surface area contributed by atoms with Crippen molar-refractivity contribution in [1.82, 2.24) is 0 Å². The van der Waals surface area contributed by atoms with Crippen molar-refractivity contribution in [2.24, 2.45) is 0 Å². The van der Waals surface area contributed by atoms with Crippen LogP contribution in [-0.2, 0) is 14.3 Å². The highest BCUT2D eigenvalue weighted by Gasteiger charge is 2.28. The number of nitrogens with zero attached hydrogens (tertiary/aromatic N) is 1. The fourth-order valence-corrected chi connectivity index (χ4v) is 4.27.